The Morgan fingerprint density at radius 3 is 2.76 bits per heavy atom. The summed E-state index contributed by atoms with van der Waals surface area (Å²) in [6.45, 7) is 0.963. The van der Waals surface area contributed by atoms with E-state index in [4.69, 9.17) is 9.47 Å². The van der Waals surface area contributed by atoms with Gasteiger partial charge >= 0.3 is 0 Å². The number of hydrogen-bond donors (Lipinski definition) is 1. The van der Waals surface area contributed by atoms with E-state index >= 15 is 0 Å². The standard InChI is InChI=1S/C19H21N3O3/c1-24-15-9-5-7-13(17(15)25-2)18-21-12-6-8-14(21)19(23)22(18)16-10-3-4-11-20-16/h3-5,7,9-11,14,18H,6,8,12H2,1-2H3/p+1. The fraction of sp³-hybridized carbons (Fsp3) is 0.368. The SMILES string of the molecule is COc1cccc(C2N(c3ccccn3)C(=O)C3CCC[NH+]32)c1OC. The largest absolute Gasteiger partial charge is 0.493 e. The van der Waals surface area contributed by atoms with Gasteiger partial charge in [-0.2, -0.15) is 0 Å². The van der Waals surface area contributed by atoms with Gasteiger partial charge in [0.05, 0.1) is 26.3 Å². The summed E-state index contributed by atoms with van der Waals surface area (Å²) in [5, 5.41) is 0. The van der Waals surface area contributed by atoms with Crippen molar-refractivity contribution in [1.29, 1.82) is 0 Å². The fourth-order valence-corrected chi connectivity index (χ4v) is 4.15. The van der Waals surface area contributed by atoms with Crippen molar-refractivity contribution in [2.75, 3.05) is 25.7 Å². The Labute approximate surface area is 147 Å². The molecule has 4 rings (SSSR count). The first-order valence-electron chi connectivity index (χ1n) is 8.57. The number of benzene rings is 1. The highest BCUT2D eigenvalue weighted by Crippen LogP contribution is 2.38. The van der Waals surface area contributed by atoms with Gasteiger partial charge in [-0.1, -0.05) is 12.1 Å². The Morgan fingerprint density at radius 1 is 1.16 bits per heavy atom. The minimum atomic E-state index is -0.153. The number of pyridine rings is 1. The van der Waals surface area contributed by atoms with Gasteiger partial charge in [-0.15, -0.1) is 0 Å². The van der Waals surface area contributed by atoms with Crippen molar-refractivity contribution in [3.63, 3.8) is 0 Å². The number of carbonyl (C=O) groups excluding carboxylic acids is 1. The molecule has 1 aromatic carbocycles. The van der Waals surface area contributed by atoms with Crippen LogP contribution < -0.4 is 19.3 Å². The number of amides is 1. The number of rotatable bonds is 4. The lowest BCUT2D eigenvalue weighted by atomic mass is 10.1. The summed E-state index contributed by atoms with van der Waals surface area (Å²) >= 11 is 0. The van der Waals surface area contributed by atoms with Crippen LogP contribution in [0.3, 0.4) is 0 Å². The second-order valence-electron chi connectivity index (χ2n) is 6.40. The monoisotopic (exact) mass is 340 g/mol. The van der Waals surface area contributed by atoms with Crippen LogP contribution in [0.2, 0.25) is 0 Å². The normalized spacial score (nSPS) is 25.1. The lowest BCUT2D eigenvalue weighted by molar-refractivity contribution is -0.924. The summed E-state index contributed by atoms with van der Waals surface area (Å²) in [6.07, 6.45) is 3.55. The lowest BCUT2D eigenvalue weighted by Crippen LogP contribution is -3.12. The fourth-order valence-electron chi connectivity index (χ4n) is 4.15. The number of nitrogens with one attached hydrogen (secondary N) is 1. The molecule has 1 aromatic heterocycles. The second-order valence-corrected chi connectivity index (χ2v) is 6.40. The number of hydrogen-bond acceptors (Lipinski definition) is 4. The number of anilines is 1. The Bertz CT molecular complexity index is 781. The van der Waals surface area contributed by atoms with Crippen molar-refractivity contribution in [3.8, 4) is 11.5 Å². The van der Waals surface area contributed by atoms with Gasteiger partial charge < -0.3 is 14.4 Å². The average molecular weight is 340 g/mol. The maximum absolute atomic E-state index is 13.1. The van der Waals surface area contributed by atoms with Gasteiger partial charge in [0, 0.05) is 19.0 Å². The van der Waals surface area contributed by atoms with E-state index < -0.39 is 0 Å². The number of quaternary nitrogens is 1. The zero-order chi connectivity index (χ0) is 17.4. The molecule has 0 saturated carbocycles. The molecule has 3 heterocycles. The van der Waals surface area contributed by atoms with E-state index in [1.54, 1.807) is 20.4 Å². The van der Waals surface area contributed by atoms with E-state index in [9.17, 15) is 4.79 Å². The van der Waals surface area contributed by atoms with Gasteiger partial charge in [0.1, 0.15) is 5.82 Å². The maximum Gasteiger partial charge on any atom is 0.291 e. The molecule has 2 fully saturated rings. The topological polar surface area (TPSA) is 56.1 Å². The molecule has 25 heavy (non-hydrogen) atoms. The first-order chi connectivity index (χ1) is 12.3. The molecule has 0 aliphatic carbocycles. The van der Waals surface area contributed by atoms with Gasteiger partial charge in [0.25, 0.3) is 5.91 Å². The van der Waals surface area contributed by atoms with E-state index in [0.29, 0.717) is 17.3 Å². The summed E-state index contributed by atoms with van der Waals surface area (Å²) in [5.41, 5.74) is 0.959. The highest BCUT2D eigenvalue weighted by Gasteiger charge is 2.54. The number of fused-ring (bicyclic) bond motifs is 1. The molecule has 6 nitrogen and oxygen atoms in total. The van der Waals surface area contributed by atoms with E-state index in [2.05, 4.69) is 4.98 Å². The quantitative estimate of drug-likeness (QED) is 0.908. The first kappa shape index (κ1) is 15.9. The van der Waals surface area contributed by atoms with Crippen LogP contribution in [0.25, 0.3) is 0 Å². The molecule has 1 amide bonds. The second kappa shape index (κ2) is 6.37. The number of ether oxygens (including phenoxy) is 2. The van der Waals surface area contributed by atoms with Gasteiger partial charge in [-0.3, -0.25) is 4.79 Å². The van der Waals surface area contributed by atoms with Crippen molar-refractivity contribution in [1.82, 2.24) is 4.98 Å². The third-order valence-corrected chi connectivity index (χ3v) is 5.17. The zero-order valence-electron chi connectivity index (χ0n) is 14.4. The molecule has 2 aliphatic heterocycles. The first-order valence-corrected chi connectivity index (χ1v) is 8.57. The molecule has 2 aliphatic rings. The molecular formula is C19H22N3O3+. The molecule has 0 bridgehead atoms. The zero-order valence-corrected chi connectivity index (χ0v) is 14.4. The van der Waals surface area contributed by atoms with Gasteiger partial charge in [0.2, 0.25) is 6.17 Å². The van der Waals surface area contributed by atoms with Gasteiger partial charge in [-0.05, 0) is 24.3 Å². The molecule has 3 atom stereocenters. The number of nitrogens with zero attached hydrogens (tertiary/aromatic N) is 2. The highest BCUT2D eigenvalue weighted by atomic mass is 16.5. The summed E-state index contributed by atoms with van der Waals surface area (Å²) in [6, 6.07) is 11.5. The minimum Gasteiger partial charge on any atom is -0.493 e. The van der Waals surface area contributed by atoms with Crippen molar-refractivity contribution in [2.45, 2.75) is 25.0 Å². The van der Waals surface area contributed by atoms with Crippen LogP contribution in [0.4, 0.5) is 5.82 Å². The summed E-state index contributed by atoms with van der Waals surface area (Å²) in [7, 11) is 3.27. The molecule has 3 unspecified atom stereocenters. The third kappa shape index (κ3) is 2.44. The van der Waals surface area contributed by atoms with Crippen LogP contribution in [0.1, 0.15) is 24.6 Å². The van der Waals surface area contributed by atoms with Crippen molar-refractivity contribution < 1.29 is 19.2 Å². The predicted molar refractivity (Wildman–Crippen MR) is 92.9 cm³/mol. The molecule has 2 saturated heterocycles. The average Bonchev–Trinajstić information content (AvgIpc) is 3.23. The number of para-hydroxylation sites is 1. The Hall–Kier alpha value is -2.60. The molecule has 2 aromatic rings. The summed E-state index contributed by atoms with van der Waals surface area (Å²) in [5.74, 6) is 2.18. The summed E-state index contributed by atoms with van der Waals surface area (Å²) in [4.78, 5) is 20.6. The van der Waals surface area contributed by atoms with Crippen LogP contribution in [-0.2, 0) is 4.79 Å². The third-order valence-electron chi connectivity index (χ3n) is 5.17. The molecule has 130 valence electrons. The predicted octanol–water partition coefficient (Wildman–Crippen LogP) is 1.19. The van der Waals surface area contributed by atoms with Crippen molar-refractivity contribution >= 4 is 11.7 Å². The number of methoxy groups -OCH3 is 2. The van der Waals surface area contributed by atoms with Crippen LogP contribution in [0.5, 0.6) is 11.5 Å². The smallest absolute Gasteiger partial charge is 0.291 e. The molecule has 6 heteroatoms. The molecular weight excluding hydrogens is 318 g/mol. The van der Waals surface area contributed by atoms with Crippen molar-refractivity contribution in [2.24, 2.45) is 0 Å². The maximum atomic E-state index is 13.1. The van der Waals surface area contributed by atoms with Crippen LogP contribution in [-0.4, -0.2) is 37.7 Å². The van der Waals surface area contributed by atoms with Gasteiger partial charge in [0.15, 0.2) is 17.5 Å². The summed E-state index contributed by atoms with van der Waals surface area (Å²) < 4.78 is 11.1. The van der Waals surface area contributed by atoms with Crippen molar-refractivity contribution in [3.05, 3.63) is 48.2 Å². The van der Waals surface area contributed by atoms with Crippen LogP contribution in [0.15, 0.2) is 42.6 Å². The molecule has 0 radical (unpaired) electrons. The molecule has 0 spiro atoms. The lowest BCUT2D eigenvalue weighted by Gasteiger charge is -2.27. The number of aromatic nitrogens is 1. The van der Waals surface area contributed by atoms with E-state index in [1.807, 2.05) is 41.3 Å². The molecule has 1 N–H and O–H groups in total. The Kier molecular flexibility index (Phi) is 4.05. The van der Waals surface area contributed by atoms with Crippen LogP contribution in [0, 0.1) is 0 Å². The van der Waals surface area contributed by atoms with Gasteiger partial charge in [-0.25, -0.2) is 9.88 Å². The van der Waals surface area contributed by atoms with Crippen LogP contribution >= 0.6 is 0 Å². The van der Waals surface area contributed by atoms with E-state index in [0.717, 1.165) is 24.9 Å². The Morgan fingerprint density at radius 2 is 2.04 bits per heavy atom. The van der Waals surface area contributed by atoms with E-state index in [-0.39, 0.29) is 18.1 Å². The Balaban J connectivity index is 1.86. The van der Waals surface area contributed by atoms with E-state index in [1.165, 1.54) is 4.90 Å². The minimum absolute atomic E-state index is 0.0112. The number of carbonyl (C=O) groups is 1. The highest BCUT2D eigenvalue weighted by molar-refractivity contribution is 5.97.